The molecule has 1 heterocycles. The maximum atomic E-state index is 11.7. The lowest BCUT2D eigenvalue weighted by Crippen LogP contribution is -2.46. The maximum Gasteiger partial charge on any atom is 0.254 e. The zero-order valence-corrected chi connectivity index (χ0v) is 7.84. The van der Waals surface area contributed by atoms with Crippen molar-refractivity contribution in [2.75, 3.05) is 0 Å². The molecule has 13 heavy (non-hydrogen) atoms. The van der Waals surface area contributed by atoms with E-state index in [1.165, 1.54) is 6.42 Å². The summed E-state index contributed by atoms with van der Waals surface area (Å²) in [6, 6.07) is 0. The van der Waals surface area contributed by atoms with Crippen LogP contribution in [0.2, 0.25) is 0 Å². The number of carbonyl (C=O) groups is 1. The molecule has 2 aliphatic rings. The number of carbonyl (C=O) groups excluding carboxylic acids is 1. The van der Waals surface area contributed by atoms with E-state index in [-0.39, 0.29) is 5.91 Å². The highest BCUT2D eigenvalue weighted by Gasteiger charge is 2.48. The highest BCUT2D eigenvalue weighted by Crippen LogP contribution is 2.38. The molecule has 1 aliphatic carbocycles. The monoisotopic (exact) mass is 181 g/mol. The van der Waals surface area contributed by atoms with Gasteiger partial charge in [-0.15, -0.1) is 0 Å². The van der Waals surface area contributed by atoms with Gasteiger partial charge in [-0.25, -0.2) is 4.99 Å². The van der Waals surface area contributed by atoms with E-state index in [0.717, 1.165) is 19.3 Å². The zero-order valence-electron chi connectivity index (χ0n) is 7.84. The van der Waals surface area contributed by atoms with Crippen LogP contribution >= 0.6 is 0 Å². The molecular weight excluding hydrogens is 166 g/mol. The molecule has 0 aromatic heterocycles. The highest BCUT2D eigenvalue weighted by atomic mass is 16.2. The summed E-state index contributed by atoms with van der Waals surface area (Å²) in [5, 5.41) is 2.60. The summed E-state index contributed by atoms with van der Waals surface area (Å²) in [7, 11) is 0. The van der Waals surface area contributed by atoms with Gasteiger partial charge in [0.1, 0.15) is 5.54 Å². The molecule has 2 rings (SSSR count). The predicted molar refractivity (Wildman–Crippen MR) is 50.1 cm³/mol. The fraction of sp³-hybridized carbons (Fsp3) is 0.778. The fourth-order valence-electron chi connectivity index (χ4n) is 2.35. The van der Waals surface area contributed by atoms with Crippen molar-refractivity contribution in [1.29, 1.82) is 0 Å². The molecule has 0 aromatic carbocycles. The van der Waals surface area contributed by atoms with Crippen molar-refractivity contribution in [2.24, 2.45) is 16.6 Å². The van der Waals surface area contributed by atoms with Gasteiger partial charge in [0, 0.05) is 0 Å². The van der Waals surface area contributed by atoms with Crippen LogP contribution in [-0.4, -0.2) is 17.4 Å². The molecule has 4 nitrogen and oxygen atoms in total. The summed E-state index contributed by atoms with van der Waals surface area (Å²) < 4.78 is 0. The minimum absolute atomic E-state index is 0.00259. The Morgan fingerprint density at radius 3 is 2.92 bits per heavy atom. The molecule has 0 bridgehead atoms. The van der Waals surface area contributed by atoms with E-state index < -0.39 is 5.54 Å². The molecular formula is C9H15N3O. The summed E-state index contributed by atoms with van der Waals surface area (Å²) in [5.74, 6) is 0.609. The topological polar surface area (TPSA) is 67.5 Å². The number of hydrogen-bond acceptors (Lipinski definition) is 3. The van der Waals surface area contributed by atoms with Crippen molar-refractivity contribution < 1.29 is 4.79 Å². The first-order valence-electron chi connectivity index (χ1n) is 4.82. The Morgan fingerprint density at radius 1 is 1.62 bits per heavy atom. The number of nitrogens with zero attached hydrogens (tertiary/aromatic N) is 1. The van der Waals surface area contributed by atoms with Crippen LogP contribution in [0.3, 0.4) is 0 Å². The van der Waals surface area contributed by atoms with Gasteiger partial charge in [0.15, 0.2) is 5.96 Å². The lowest BCUT2D eigenvalue weighted by atomic mass is 9.74. The molecule has 0 radical (unpaired) electrons. The van der Waals surface area contributed by atoms with Crippen molar-refractivity contribution >= 4 is 11.9 Å². The van der Waals surface area contributed by atoms with E-state index in [2.05, 4.69) is 17.2 Å². The molecule has 1 saturated carbocycles. The van der Waals surface area contributed by atoms with E-state index in [0.29, 0.717) is 11.9 Å². The average Bonchev–Trinajstić information content (AvgIpc) is 2.35. The normalized spacial score (nSPS) is 39.0. The quantitative estimate of drug-likeness (QED) is 0.567. The molecule has 4 heteroatoms. The standard InChI is InChI=1S/C9H15N3O/c1-6-4-2-3-5-9(6)7(13)11-8(10)12-9/h6H,2-5H2,1H3,(H3,10,11,12,13). The van der Waals surface area contributed by atoms with Crippen molar-refractivity contribution in [3.05, 3.63) is 0 Å². The highest BCUT2D eigenvalue weighted by molar-refractivity contribution is 6.06. The average molecular weight is 181 g/mol. The van der Waals surface area contributed by atoms with E-state index in [9.17, 15) is 4.79 Å². The molecule has 72 valence electrons. The van der Waals surface area contributed by atoms with Gasteiger partial charge in [-0.2, -0.15) is 0 Å². The summed E-state index contributed by atoms with van der Waals surface area (Å²) in [4.78, 5) is 15.9. The van der Waals surface area contributed by atoms with Crippen LogP contribution in [0.25, 0.3) is 0 Å². The number of nitrogens with two attached hydrogens (primary N) is 1. The van der Waals surface area contributed by atoms with E-state index in [4.69, 9.17) is 5.73 Å². The van der Waals surface area contributed by atoms with Gasteiger partial charge in [0.25, 0.3) is 5.91 Å². The van der Waals surface area contributed by atoms with Crippen molar-refractivity contribution in [1.82, 2.24) is 5.32 Å². The third-order valence-corrected chi connectivity index (χ3v) is 3.22. The van der Waals surface area contributed by atoms with E-state index >= 15 is 0 Å². The predicted octanol–water partition coefficient (Wildman–Crippen LogP) is 0.380. The van der Waals surface area contributed by atoms with Gasteiger partial charge < -0.3 is 5.73 Å². The van der Waals surface area contributed by atoms with Crippen molar-refractivity contribution in [2.45, 2.75) is 38.1 Å². The molecule has 1 amide bonds. The SMILES string of the molecule is CC1CCCCC12N=C(N)NC2=O. The molecule has 1 aliphatic heterocycles. The Balaban J connectivity index is 2.31. The second-order valence-electron chi connectivity index (χ2n) is 4.02. The largest absolute Gasteiger partial charge is 0.370 e. The number of hydrogen-bond donors (Lipinski definition) is 2. The second kappa shape index (κ2) is 2.72. The second-order valence-corrected chi connectivity index (χ2v) is 4.02. The molecule has 1 spiro atoms. The minimum Gasteiger partial charge on any atom is -0.370 e. The molecule has 3 N–H and O–H groups in total. The molecule has 0 aromatic rings. The Bertz CT molecular complexity index is 274. The van der Waals surface area contributed by atoms with Gasteiger partial charge in [-0.1, -0.05) is 19.8 Å². The van der Waals surface area contributed by atoms with Crippen LogP contribution in [0.15, 0.2) is 4.99 Å². The lowest BCUT2D eigenvalue weighted by Gasteiger charge is -2.34. The number of guanidine groups is 1. The van der Waals surface area contributed by atoms with Crippen LogP contribution in [0, 0.1) is 5.92 Å². The van der Waals surface area contributed by atoms with Gasteiger partial charge in [-0.05, 0) is 18.8 Å². The van der Waals surface area contributed by atoms with Crippen LogP contribution < -0.4 is 11.1 Å². The zero-order chi connectivity index (χ0) is 9.47. The van der Waals surface area contributed by atoms with Crippen molar-refractivity contribution in [3.8, 4) is 0 Å². The molecule has 1 fully saturated rings. The number of nitrogens with one attached hydrogen (secondary N) is 1. The first-order valence-corrected chi connectivity index (χ1v) is 4.82. The number of rotatable bonds is 0. The number of aliphatic imine (C=N–C) groups is 1. The van der Waals surface area contributed by atoms with Crippen LogP contribution in [0.5, 0.6) is 0 Å². The molecule has 2 unspecified atom stereocenters. The van der Waals surface area contributed by atoms with Crippen LogP contribution in [-0.2, 0) is 4.79 Å². The molecule has 0 saturated heterocycles. The fourth-order valence-corrected chi connectivity index (χ4v) is 2.35. The van der Waals surface area contributed by atoms with Gasteiger partial charge >= 0.3 is 0 Å². The van der Waals surface area contributed by atoms with Gasteiger partial charge in [-0.3, -0.25) is 10.1 Å². The smallest absolute Gasteiger partial charge is 0.254 e. The first-order chi connectivity index (χ1) is 6.15. The Morgan fingerprint density at radius 2 is 2.38 bits per heavy atom. The third kappa shape index (κ3) is 1.12. The summed E-state index contributed by atoms with van der Waals surface area (Å²) in [5.41, 5.74) is 4.99. The first kappa shape index (κ1) is 8.53. The Hall–Kier alpha value is -1.06. The Labute approximate surface area is 77.6 Å². The van der Waals surface area contributed by atoms with Gasteiger partial charge in [0.2, 0.25) is 0 Å². The Kier molecular flexibility index (Phi) is 1.78. The molecule has 2 atom stereocenters. The van der Waals surface area contributed by atoms with Gasteiger partial charge in [0.05, 0.1) is 0 Å². The van der Waals surface area contributed by atoms with E-state index in [1.807, 2.05) is 0 Å². The minimum atomic E-state index is -0.525. The van der Waals surface area contributed by atoms with Crippen molar-refractivity contribution in [3.63, 3.8) is 0 Å². The summed E-state index contributed by atoms with van der Waals surface area (Å²) >= 11 is 0. The maximum absolute atomic E-state index is 11.7. The number of amides is 1. The lowest BCUT2D eigenvalue weighted by molar-refractivity contribution is -0.126. The van der Waals surface area contributed by atoms with Crippen LogP contribution in [0.1, 0.15) is 32.6 Å². The summed E-state index contributed by atoms with van der Waals surface area (Å²) in [6.45, 7) is 2.08. The summed E-state index contributed by atoms with van der Waals surface area (Å²) in [6.07, 6.45) is 4.20. The van der Waals surface area contributed by atoms with Crippen LogP contribution in [0.4, 0.5) is 0 Å². The third-order valence-electron chi connectivity index (χ3n) is 3.22. The van der Waals surface area contributed by atoms with E-state index in [1.54, 1.807) is 0 Å².